The second-order valence-corrected chi connectivity index (χ2v) is 18.9. The molecule has 2 atom stereocenters. The Hall–Kier alpha value is -1.59. The number of ether oxygens (including phenoxy) is 3. The third-order valence-electron chi connectivity index (χ3n) is 12.3. The maximum Gasteiger partial charge on any atom is 0.306 e. The van der Waals surface area contributed by atoms with Crippen LogP contribution in [0.4, 0.5) is 0 Å². The fraction of sp³-hybridized carbons (Fsp3) is 0.943. The minimum absolute atomic E-state index is 0.0638. The van der Waals surface area contributed by atoms with Crippen LogP contribution in [0.25, 0.3) is 0 Å². The number of unbranched alkanes of at least 4 members (excludes halogenated alkanes) is 31. The van der Waals surface area contributed by atoms with E-state index in [0.29, 0.717) is 19.3 Å². The van der Waals surface area contributed by atoms with Gasteiger partial charge in [0.05, 0.1) is 0 Å². The van der Waals surface area contributed by atoms with Gasteiger partial charge in [0, 0.05) is 19.3 Å². The van der Waals surface area contributed by atoms with Gasteiger partial charge in [0.2, 0.25) is 0 Å². The van der Waals surface area contributed by atoms with Crippen molar-refractivity contribution in [3.63, 3.8) is 0 Å². The lowest BCUT2D eigenvalue weighted by molar-refractivity contribution is -0.167. The number of carbonyl (C=O) groups excluding carboxylic acids is 3. The third-order valence-corrected chi connectivity index (χ3v) is 12.3. The molecule has 0 aliphatic heterocycles. The molecule has 1 unspecified atom stereocenters. The van der Waals surface area contributed by atoms with Gasteiger partial charge in [0.15, 0.2) is 6.10 Å². The fourth-order valence-electron chi connectivity index (χ4n) is 7.96. The number of carbonyl (C=O) groups is 3. The number of rotatable bonds is 47. The van der Waals surface area contributed by atoms with Crippen molar-refractivity contribution in [2.45, 2.75) is 298 Å². The molecule has 0 aliphatic rings. The zero-order chi connectivity index (χ0) is 43.3. The Kier molecular flexibility index (Phi) is 44.7. The average molecular weight is 835 g/mol. The van der Waals surface area contributed by atoms with Crippen LogP contribution in [0.2, 0.25) is 0 Å². The van der Waals surface area contributed by atoms with Gasteiger partial charge in [-0.1, -0.05) is 253 Å². The molecule has 0 aliphatic carbocycles. The van der Waals surface area contributed by atoms with E-state index >= 15 is 0 Å². The van der Waals surface area contributed by atoms with E-state index in [4.69, 9.17) is 14.2 Å². The molecule has 0 radical (unpaired) electrons. The van der Waals surface area contributed by atoms with Crippen LogP contribution in [0.1, 0.15) is 291 Å². The largest absolute Gasteiger partial charge is 0.462 e. The first-order chi connectivity index (χ1) is 28.8. The second-order valence-electron chi connectivity index (χ2n) is 18.9. The van der Waals surface area contributed by atoms with Crippen molar-refractivity contribution in [1.82, 2.24) is 0 Å². The van der Waals surface area contributed by atoms with Crippen molar-refractivity contribution in [3.05, 3.63) is 0 Å². The van der Waals surface area contributed by atoms with Gasteiger partial charge in [-0.25, -0.2) is 0 Å². The lowest BCUT2D eigenvalue weighted by atomic mass is 9.99. The summed E-state index contributed by atoms with van der Waals surface area (Å²) in [5.41, 5.74) is 0. The van der Waals surface area contributed by atoms with Crippen molar-refractivity contribution in [2.24, 2.45) is 11.8 Å². The van der Waals surface area contributed by atoms with E-state index < -0.39 is 6.10 Å². The van der Waals surface area contributed by atoms with Crippen molar-refractivity contribution >= 4 is 17.9 Å². The summed E-state index contributed by atoms with van der Waals surface area (Å²) in [6.07, 6.45) is 46.7. The van der Waals surface area contributed by atoms with Crippen LogP contribution in [-0.2, 0) is 28.6 Å². The molecule has 0 amide bonds. The van der Waals surface area contributed by atoms with Gasteiger partial charge in [0.1, 0.15) is 13.2 Å². The van der Waals surface area contributed by atoms with Crippen molar-refractivity contribution in [2.75, 3.05) is 13.2 Å². The maximum absolute atomic E-state index is 12.8. The minimum atomic E-state index is -0.760. The Labute approximate surface area is 368 Å². The highest BCUT2D eigenvalue weighted by Gasteiger charge is 2.19. The Morgan fingerprint density at radius 1 is 0.356 bits per heavy atom. The lowest BCUT2D eigenvalue weighted by Gasteiger charge is -2.18. The van der Waals surface area contributed by atoms with E-state index in [1.54, 1.807) is 0 Å². The SMILES string of the molecule is CCCCCCCCCC(=O)OC[C@@H](COC(=O)CCCCCCCCCCCCCCCCC(C)CC)OC(=O)CCCCCCCCCCCCCCCC(C)C. The fourth-order valence-corrected chi connectivity index (χ4v) is 7.96. The maximum atomic E-state index is 12.8. The Bertz CT molecular complexity index is 902. The van der Waals surface area contributed by atoms with Crippen molar-refractivity contribution in [3.8, 4) is 0 Å². The van der Waals surface area contributed by atoms with E-state index in [0.717, 1.165) is 69.6 Å². The summed E-state index contributed by atoms with van der Waals surface area (Å²) in [7, 11) is 0. The van der Waals surface area contributed by atoms with Crippen molar-refractivity contribution < 1.29 is 28.6 Å². The molecule has 0 spiro atoms. The van der Waals surface area contributed by atoms with Gasteiger partial charge in [-0.15, -0.1) is 0 Å². The smallest absolute Gasteiger partial charge is 0.306 e. The number of hydrogen-bond acceptors (Lipinski definition) is 6. The van der Waals surface area contributed by atoms with Crippen LogP contribution in [0.5, 0.6) is 0 Å². The molecule has 6 nitrogen and oxygen atoms in total. The molecular weight excluding hydrogens is 733 g/mol. The van der Waals surface area contributed by atoms with E-state index in [1.165, 1.54) is 180 Å². The van der Waals surface area contributed by atoms with Crippen LogP contribution in [0, 0.1) is 11.8 Å². The zero-order valence-electron chi connectivity index (χ0n) is 40.4. The molecule has 59 heavy (non-hydrogen) atoms. The molecule has 350 valence electrons. The van der Waals surface area contributed by atoms with Crippen LogP contribution >= 0.6 is 0 Å². The van der Waals surface area contributed by atoms with E-state index in [-0.39, 0.29) is 31.1 Å². The summed E-state index contributed by atoms with van der Waals surface area (Å²) >= 11 is 0. The van der Waals surface area contributed by atoms with Crippen LogP contribution < -0.4 is 0 Å². The van der Waals surface area contributed by atoms with Crippen LogP contribution in [0.3, 0.4) is 0 Å². The second kappa shape index (κ2) is 45.9. The number of hydrogen-bond donors (Lipinski definition) is 0. The molecule has 0 N–H and O–H groups in total. The molecule has 6 heteroatoms. The molecule has 0 aromatic carbocycles. The summed E-state index contributed by atoms with van der Waals surface area (Å²) in [6, 6.07) is 0. The lowest BCUT2D eigenvalue weighted by Crippen LogP contribution is -2.30. The van der Waals surface area contributed by atoms with Crippen molar-refractivity contribution in [1.29, 1.82) is 0 Å². The molecule has 0 aromatic heterocycles. The first kappa shape index (κ1) is 57.4. The molecule has 0 rings (SSSR count). The van der Waals surface area contributed by atoms with E-state index in [1.807, 2.05) is 0 Å². The number of esters is 3. The third kappa shape index (κ3) is 45.8. The Balaban J connectivity index is 4.19. The zero-order valence-corrected chi connectivity index (χ0v) is 40.4. The predicted molar refractivity (Wildman–Crippen MR) is 252 cm³/mol. The monoisotopic (exact) mass is 835 g/mol. The molecule has 0 bridgehead atoms. The summed E-state index contributed by atoms with van der Waals surface area (Å²) in [6.45, 7) is 11.4. The topological polar surface area (TPSA) is 78.9 Å². The first-order valence-corrected chi connectivity index (χ1v) is 26.3. The quantitative estimate of drug-likeness (QED) is 0.0345. The van der Waals surface area contributed by atoms with Gasteiger partial charge in [-0.05, 0) is 31.1 Å². The van der Waals surface area contributed by atoms with E-state index in [9.17, 15) is 14.4 Å². The highest BCUT2D eigenvalue weighted by atomic mass is 16.6. The van der Waals surface area contributed by atoms with Gasteiger partial charge in [0.25, 0.3) is 0 Å². The first-order valence-electron chi connectivity index (χ1n) is 26.3. The summed E-state index contributed by atoms with van der Waals surface area (Å²) in [4.78, 5) is 37.8. The molecular formula is C53H102O6. The Morgan fingerprint density at radius 2 is 0.644 bits per heavy atom. The van der Waals surface area contributed by atoms with Gasteiger partial charge in [-0.2, -0.15) is 0 Å². The standard InChI is InChI=1S/C53H102O6/c1-6-8-9-10-26-33-38-43-51(54)57-46-50(59-53(56)45-40-35-30-25-21-17-13-14-18-22-27-31-36-41-48(3)4)47-58-52(55)44-39-34-29-24-20-16-12-11-15-19-23-28-32-37-42-49(5)7-2/h48-50H,6-47H2,1-5H3/t49?,50-/m0/s1. The normalized spacial score (nSPS) is 12.5. The summed E-state index contributed by atoms with van der Waals surface area (Å²) in [5, 5.41) is 0. The summed E-state index contributed by atoms with van der Waals surface area (Å²) < 4.78 is 16.8. The van der Waals surface area contributed by atoms with Crippen LogP contribution in [0.15, 0.2) is 0 Å². The minimum Gasteiger partial charge on any atom is -0.462 e. The van der Waals surface area contributed by atoms with Gasteiger partial charge in [-0.3, -0.25) is 14.4 Å². The highest BCUT2D eigenvalue weighted by Crippen LogP contribution is 2.18. The average Bonchev–Trinajstić information content (AvgIpc) is 3.22. The molecule has 0 aromatic rings. The van der Waals surface area contributed by atoms with Crippen LogP contribution in [-0.4, -0.2) is 37.2 Å². The van der Waals surface area contributed by atoms with Gasteiger partial charge < -0.3 is 14.2 Å². The highest BCUT2D eigenvalue weighted by molar-refractivity contribution is 5.71. The predicted octanol–water partition coefficient (Wildman–Crippen LogP) is 16.9. The summed E-state index contributed by atoms with van der Waals surface area (Å²) in [5.74, 6) is 0.881. The molecule has 0 saturated heterocycles. The van der Waals surface area contributed by atoms with Gasteiger partial charge >= 0.3 is 17.9 Å². The molecule has 0 fully saturated rings. The molecule has 0 heterocycles. The molecule has 0 saturated carbocycles. The van der Waals surface area contributed by atoms with E-state index in [2.05, 4.69) is 34.6 Å². The Morgan fingerprint density at radius 3 is 0.966 bits per heavy atom.